The van der Waals surface area contributed by atoms with Crippen LogP contribution < -0.4 is 0 Å². The predicted octanol–water partition coefficient (Wildman–Crippen LogP) is 1.93. The highest BCUT2D eigenvalue weighted by Gasteiger charge is 2.39. The minimum Gasteiger partial charge on any atom is -0.465 e. The van der Waals surface area contributed by atoms with E-state index in [0.717, 1.165) is 52.6 Å². The zero-order valence-electron chi connectivity index (χ0n) is 19.3. The van der Waals surface area contributed by atoms with Gasteiger partial charge in [-0.25, -0.2) is 0 Å². The van der Waals surface area contributed by atoms with E-state index in [2.05, 4.69) is 33.4 Å². The minimum atomic E-state index is -0.206. The number of nitrogens with zero attached hydrogens (tertiary/aromatic N) is 4. The molecule has 0 bridgehead atoms. The maximum absolute atomic E-state index is 11.6. The standard InChI is InChI=1S/C22H44N4O3/c1-5-7-9-23-11-13-25(19-23)15-22(17-28-4,18-29-21(3)27)16-26-14-12-24(20-26)10-8-6-2/h5-20H2,1-4H3. The fourth-order valence-electron chi connectivity index (χ4n) is 4.58. The average Bonchev–Trinajstić information content (AvgIpc) is 3.32. The molecule has 0 radical (unpaired) electrons. The average molecular weight is 413 g/mol. The molecule has 0 spiro atoms. The summed E-state index contributed by atoms with van der Waals surface area (Å²) in [5.74, 6) is -0.206. The Bertz CT molecular complexity index is 449. The SMILES string of the molecule is CCCCN1CCN(CC(COC)(COC(C)=O)CN2CCN(CCCC)C2)C1. The van der Waals surface area contributed by atoms with Crippen molar-refractivity contribution >= 4 is 5.97 Å². The summed E-state index contributed by atoms with van der Waals surface area (Å²) in [7, 11) is 1.76. The van der Waals surface area contributed by atoms with Gasteiger partial charge in [0.1, 0.15) is 6.61 Å². The minimum absolute atomic E-state index is 0.193. The number of methoxy groups -OCH3 is 1. The number of hydrogen-bond donors (Lipinski definition) is 0. The second kappa shape index (κ2) is 12.8. The van der Waals surface area contributed by atoms with Crippen molar-refractivity contribution in [3.8, 4) is 0 Å². The van der Waals surface area contributed by atoms with E-state index in [9.17, 15) is 4.79 Å². The number of carbonyl (C=O) groups excluding carboxylic acids is 1. The molecule has 0 N–H and O–H groups in total. The van der Waals surface area contributed by atoms with Crippen molar-refractivity contribution in [1.29, 1.82) is 0 Å². The van der Waals surface area contributed by atoms with Crippen LogP contribution in [0.1, 0.15) is 46.5 Å². The Morgan fingerprint density at radius 3 is 1.72 bits per heavy atom. The van der Waals surface area contributed by atoms with E-state index in [4.69, 9.17) is 9.47 Å². The van der Waals surface area contributed by atoms with Gasteiger partial charge < -0.3 is 9.47 Å². The molecule has 7 nitrogen and oxygen atoms in total. The van der Waals surface area contributed by atoms with E-state index < -0.39 is 0 Å². The summed E-state index contributed by atoms with van der Waals surface area (Å²) in [5, 5.41) is 0. The highest BCUT2D eigenvalue weighted by atomic mass is 16.5. The summed E-state index contributed by atoms with van der Waals surface area (Å²) in [6.45, 7) is 17.6. The highest BCUT2D eigenvalue weighted by molar-refractivity contribution is 5.65. The van der Waals surface area contributed by atoms with Gasteiger partial charge in [0.15, 0.2) is 0 Å². The fourth-order valence-corrected chi connectivity index (χ4v) is 4.58. The van der Waals surface area contributed by atoms with E-state index in [-0.39, 0.29) is 11.4 Å². The molecule has 0 aromatic rings. The molecule has 0 atom stereocenters. The van der Waals surface area contributed by atoms with Crippen LogP contribution in [0.3, 0.4) is 0 Å². The molecule has 0 saturated carbocycles. The van der Waals surface area contributed by atoms with Crippen LogP contribution >= 0.6 is 0 Å². The molecular formula is C22H44N4O3. The third-order valence-corrected chi connectivity index (χ3v) is 6.07. The van der Waals surface area contributed by atoms with E-state index in [0.29, 0.717) is 13.2 Å². The summed E-state index contributed by atoms with van der Waals surface area (Å²) < 4.78 is 11.2. The Balaban J connectivity index is 1.99. The molecule has 2 aliphatic rings. The summed E-state index contributed by atoms with van der Waals surface area (Å²) >= 11 is 0. The van der Waals surface area contributed by atoms with Crippen molar-refractivity contribution in [3.05, 3.63) is 0 Å². The van der Waals surface area contributed by atoms with Crippen molar-refractivity contribution in [2.24, 2.45) is 5.41 Å². The molecule has 2 aliphatic heterocycles. The Hall–Kier alpha value is -0.730. The van der Waals surface area contributed by atoms with Crippen LogP contribution in [0.4, 0.5) is 0 Å². The second-order valence-electron chi connectivity index (χ2n) is 9.04. The monoisotopic (exact) mass is 412 g/mol. The molecule has 2 heterocycles. The van der Waals surface area contributed by atoms with Gasteiger partial charge >= 0.3 is 5.97 Å². The summed E-state index contributed by atoms with van der Waals surface area (Å²) in [4.78, 5) is 21.7. The molecule has 0 aliphatic carbocycles. The molecule has 7 heteroatoms. The van der Waals surface area contributed by atoms with Crippen LogP contribution in [0.2, 0.25) is 0 Å². The van der Waals surface area contributed by atoms with Gasteiger partial charge in [0.25, 0.3) is 0 Å². The van der Waals surface area contributed by atoms with Gasteiger partial charge in [-0.15, -0.1) is 0 Å². The predicted molar refractivity (Wildman–Crippen MR) is 117 cm³/mol. The maximum Gasteiger partial charge on any atom is 0.302 e. The molecule has 2 saturated heterocycles. The van der Waals surface area contributed by atoms with Crippen LogP contribution in [-0.2, 0) is 14.3 Å². The van der Waals surface area contributed by atoms with E-state index in [1.54, 1.807) is 7.11 Å². The van der Waals surface area contributed by atoms with Gasteiger partial charge in [-0.3, -0.25) is 24.4 Å². The van der Waals surface area contributed by atoms with Crippen LogP contribution in [0, 0.1) is 5.41 Å². The Labute approximate surface area is 178 Å². The largest absolute Gasteiger partial charge is 0.465 e. The summed E-state index contributed by atoms with van der Waals surface area (Å²) in [6.07, 6.45) is 4.98. The van der Waals surface area contributed by atoms with E-state index >= 15 is 0 Å². The molecule has 170 valence electrons. The van der Waals surface area contributed by atoms with Gasteiger partial charge in [-0.2, -0.15) is 0 Å². The maximum atomic E-state index is 11.6. The zero-order valence-corrected chi connectivity index (χ0v) is 19.3. The molecule has 0 aromatic carbocycles. The van der Waals surface area contributed by atoms with Crippen molar-refractivity contribution < 1.29 is 14.3 Å². The molecule has 29 heavy (non-hydrogen) atoms. The van der Waals surface area contributed by atoms with Crippen LogP contribution in [0.25, 0.3) is 0 Å². The van der Waals surface area contributed by atoms with E-state index in [1.165, 1.54) is 45.7 Å². The van der Waals surface area contributed by atoms with Gasteiger partial charge in [0.2, 0.25) is 0 Å². The number of rotatable bonds is 14. The first kappa shape index (κ1) is 24.5. The van der Waals surface area contributed by atoms with Crippen LogP contribution in [0.15, 0.2) is 0 Å². The Kier molecular flexibility index (Phi) is 10.9. The number of esters is 1. The smallest absolute Gasteiger partial charge is 0.302 e. The Morgan fingerprint density at radius 1 is 0.828 bits per heavy atom. The van der Waals surface area contributed by atoms with Crippen molar-refractivity contribution in [1.82, 2.24) is 19.6 Å². The number of hydrogen-bond acceptors (Lipinski definition) is 7. The lowest BCUT2D eigenvalue weighted by molar-refractivity contribution is -0.147. The highest BCUT2D eigenvalue weighted by Crippen LogP contribution is 2.26. The third-order valence-electron chi connectivity index (χ3n) is 6.07. The summed E-state index contributed by atoms with van der Waals surface area (Å²) in [6, 6.07) is 0. The lowest BCUT2D eigenvalue weighted by Gasteiger charge is -2.38. The van der Waals surface area contributed by atoms with Crippen molar-refractivity contribution in [2.45, 2.75) is 46.5 Å². The van der Waals surface area contributed by atoms with Crippen molar-refractivity contribution in [3.63, 3.8) is 0 Å². The molecule has 2 fully saturated rings. The number of unbranched alkanes of at least 4 members (excludes halogenated alkanes) is 2. The van der Waals surface area contributed by atoms with Gasteiger partial charge in [0.05, 0.1) is 25.4 Å². The lowest BCUT2D eigenvalue weighted by Crippen LogP contribution is -2.51. The van der Waals surface area contributed by atoms with Gasteiger partial charge in [-0.1, -0.05) is 26.7 Å². The first-order valence-corrected chi connectivity index (χ1v) is 11.5. The van der Waals surface area contributed by atoms with E-state index in [1.807, 2.05) is 0 Å². The first-order chi connectivity index (χ1) is 14.0. The Morgan fingerprint density at radius 2 is 1.31 bits per heavy atom. The first-order valence-electron chi connectivity index (χ1n) is 11.5. The molecule has 2 rings (SSSR count). The molecule has 0 unspecified atom stereocenters. The molecular weight excluding hydrogens is 368 g/mol. The second-order valence-corrected chi connectivity index (χ2v) is 9.04. The van der Waals surface area contributed by atoms with Crippen molar-refractivity contribution in [2.75, 3.05) is 86.0 Å². The number of ether oxygens (including phenoxy) is 2. The lowest BCUT2D eigenvalue weighted by atomic mass is 9.88. The zero-order chi connectivity index (χ0) is 21.1. The van der Waals surface area contributed by atoms with Gasteiger partial charge in [0, 0.05) is 53.3 Å². The summed E-state index contributed by atoms with van der Waals surface area (Å²) in [5.41, 5.74) is -0.193. The third kappa shape index (κ3) is 8.50. The quantitative estimate of drug-likeness (QED) is 0.404. The number of carbonyl (C=O) groups is 1. The van der Waals surface area contributed by atoms with Crippen LogP contribution in [-0.4, -0.2) is 112 Å². The van der Waals surface area contributed by atoms with Gasteiger partial charge in [-0.05, 0) is 25.9 Å². The molecule has 0 aromatic heterocycles. The topological polar surface area (TPSA) is 48.5 Å². The normalized spacial score (nSPS) is 20.0. The fraction of sp³-hybridized carbons (Fsp3) is 0.955. The molecule has 0 amide bonds. The van der Waals surface area contributed by atoms with Crippen LogP contribution in [0.5, 0.6) is 0 Å².